The third-order valence-electron chi connectivity index (χ3n) is 3.16. The molecule has 0 aromatic heterocycles. The van der Waals surface area contributed by atoms with E-state index in [0.717, 1.165) is 36.4 Å². The maximum Gasteiger partial charge on any atom is 0.235 e. The molecule has 0 spiro atoms. The van der Waals surface area contributed by atoms with E-state index in [4.69, 9.17) is 5.11 Å². The average molecular weight is 265 g/mol. The highest BCUT2D eigenvalue weighted by Gasteiger charge is 2.23. The second-order valence-corrected chi connectivity index (χ2v) is 6.01. The lowest BCUT2D eigenvalue weighted by Gasteiger charge is -2.20. The minimum absolute atomic E-state index is 0.0445. The monoisotopic (exact) mass is 265 g/mol. The van der Waals surface area contributed by atoms with Gasteiger partial charge < -0.3 is 10.0 Å². The van der Waals surface area contributed by atoms with Gasteiger partial charge in [0.1, 0.15) is 0 Å². The van der Waals surface area contributed by atoms with Crippen LogP contribution in [-0.4, -0.2) is 34.3 Å². The molecule has 0 bridgehead atoms. The Balaban J connectivity index is 1.97. The molecule has 1 aliphatic rings. The van der Waals surface area contributed by atoms with E-state index < -0.39 is 0 Å². The lowest BCUT2D eigenvalue weighted by molar-refractivity contribution is -0.129. The normalized spacial score (nSPS) is 16.9. The highest BCUT2D eigenvalue weighted by atomic mass is 32.2. The molecule has 1 saturated heterocycles. The van der Waals surface area contributed by atoms with Crippen molar-refractivity contribution in [3.05, 3.63) is 29.8 Å². The van der Waals surface area contributed by atoms with E-state index >= 15 is 0 Å². The van der Waals surface area contributed by atoms with E-state index in [2.05, 4.69) is 0 Å². The molecule has 3 nitrogen and oxygen atoms in total. The number of nitrogens with zero attached hydrogens (tertiary/aromatic N) is 1. The maximum atomic E-state index is 12.2. The van der Waals surface area contributed by atoms with Gasteiger partial charge in [-0.1, -0.05) is 12.1 Å². The molecule has 18 heavy (non-hydrogen) atoms. The standard InChI is InChI=1S/C14H19NO2S/c1-11(14(17)15-7-2-3-8-15)18-13-6-4-5-12(9-13)10-16/h4-6,9,11,16H,2-3,7-8,10H2,1H3. The van der Waals surface area contributed by atoms with Crippen LogP contribution >= 0.6 is 11.8 Å². The summed E-state index contributed by atoms with van der Waals surface area (Å²) in [6.45, 7) is 3.81. The molecular formula is C14H19NO2S. The first-order chi connectivity index (χ1) is 8.70. The van der Waals surface area contributed by atoms with Crippen molar-refractivity contribution in [2.24, 2.45) is 0 Å². The van der Waals surface area contributed by atoms with E-state index in [0.29, 0.717) is 0 Å². The summed E-state index contributed by atoms with van der Waals surface area (Å²) >= 11 is 1.57. The number of rotatable bonds is 4. The Labute approximate surface area is 112 Å². The van der Waals surface area contributed by atoms with E-state index in [1.165, 1.54) is 0 Å². The first-order valence-corrected chi connectivity index (χ1v) is 7.24. The minimum atomic E-state index is -0.0583. The predicted molar refractivity (Wildman–Crippen MR) is 73.5 cm³/mol. The zero-order valence-corrected chi connectivity index (χ0v) is 11.4. The Bertz CT molecular complexity index is 416. The van der Waals surface area contributed by atoms with Gasteiger partial charge in [0, 0.05) is 18.0 Å². The Morgan fingerprint density at radius 1 is 1.44 bits per heavy atom. The number of hydrogen-bond donors (Lipinski definition) is 1. The van der Waals surface area contributed by atoms with Gasteiger partial charge in [-0.05, 0) is 37.5 Å². The van der Waals surface area contributed by atoms with Gasteiger partial charge in [-0.15, -0.1) is 11.8 Å². The summed E-state index contributed by atoms with van der Waals surface area (Å²) in [5.41, 5.74) is 0.890. The summed E-state index contributed by atoms with van der Waals surface area (Å²) in [5.74, 6) is 0.229. The quantitative estimate of drug-likeness (QED) is 0.849. The number of thioether (sulfide) groups is 1. The Morgan fingerprint density at radius 3 is 2.83 bits per heavy atom. The molecule has 0 aliphatic carbocycles. The largest absolute Gasteiger partial charge is 0.392 e. The van der Waals surface area contributed by atoms with Gasteiger partial charge in [-0.2, -0.15) is 0 Å². The summed E-state index contributed by atoms with van der Waals surface area (Å²) in [4.78, 5) is 15.2. The van der Waals surface area contributed by atoms with Crippen molar-refractivity contribution >= 4 is 17.7 Å². The fourth-order valence-electron chi connectivity index (χ4n) is 2.17. The van der Waals surface area contributed by atoms with Crippen LogP contribution in [0.1, 0.15) is 25.3 Å². The summed E-state index contributed by atoms with van der Waals surface area (Å²) in [5, 5.41) is 9.04. The van der Waals surface area contributed by atoms with Crippen molar-refractivity contribution in [2.45, 2.75) is 36.5 Å². The van der Waals surface area contributed by atoms with Gasteiger partial charge in [0.15, 0.2) is 0 Å². The maximum absolute atomic E-state index is 12.2. The first-order valence-electron chi connectivity index (χ1n) is 6.36. The lowest BCUT2D eigenvalue weighted by atomic mass is 10.2. The number of aliphatic hydroxyl groups excluding tert-OH is 1. The number of amides is 1. The average Bonchev–Trinajstić information content (AvgIpc) is 2.92. The van der Waals surface area contributed by atoms with Crippen molar-refractivity contribution < 1.29 is 9.90 Å². The van der Waals surface area contributed by atoms with Crippen LogP contribution in [-0.2, 0) is 11.4 Å². The van der Waals surface area contributed by atoms with Gasteiger partial charge in [0.25, 0.3) is 0 Å². The van der Waals surface area contributed by atoms with Crippen LogP contribution in [0.3, 0.4) is 0 Å². The van der Waals surface area contributed by atoms with E-state index in [9.17, 15) is 4.79 Å². The number of hydrogen-bond acceptors (Lipinski definition) is 3. The number of likely N-dealkylation sites (tertiary alicyclic amines) is 1. The zero-order valence-electron chi connectivity index (χ0n) is 10.6. The van der Waals surface area contributed by atoms with Gasteiger partial charge in [0.05, 0.1) is 11.9 Å². The van der Waals surface area contributed by atoms with Crippen LogP contribution < -0.4 is 0 Å². The number of aliphatic hydroxyl groups is 1. The van der Waals surface area contributed by atoms with Crippen molar-refractivity contribution in [2.75, 3.05) is 13.1 Å². The molecule has 4 heteroatoms. The van der Waals surface area contributed by atoms with E-state index in [-0.39, 0.29) is 17.8 Å². The summed E-state index contributed by atoms with van der Waals surface area (Å²) in [7, 11) is 0. The van der Waals surface area contributed by atoms with Gasteiger partial charge in [-0.25, -0.2) is 0 Å². The molecule has 2 rings (SSSR count). The Kier molecular flexibility index (Phi) is 4.66. The zero-order chi connectivity index (χ0) is 13.0. The topological polar surface area (TPSA) is 40.5 Å². The SMILES string of the molecule is CC(Sc1cccc(CO)c1)C(=O)N1CCCC1. The molecule has 1 fully saturated rings. The van der Waals surface area contributed by atoms with E-state index in [1.54, 1.807) is 11.8 Å². The minimum Gasteiger partial charge on any atom is -0.392 e. The van der Waals surface area contributed by atoms with Crippen LogP contribution in [0.4, 0.5) is 0 Å². The predicted octanol–water partition coefficient (Wildman–Crippen LogP) is 2.28. The first kappa shape index (κ1) is 13.4. The highest BCUT2D eigenvalue weighted by Crippen LogP contribution is 2.26. The molecule has 1 heterocycles. The molecule has 0 radical (unpaired) electrons. The van der Waals surface area contributed by atoms with Crippen molar-refractivity contribution in [1.29, 1.82) is 0 Å². The molecule has 1 aromatic carbocycles. The summed E-state index contributed by atoms with van der Waals surface area (Å²) in [6.07, 6.45) is 2.26. The van der Waals surface area contributed by atoms with Gasteiger partial charge >= 0.3 is 0 Å². The molecule has 1 N–H and O–H groups in total. The van der Waals surface area contributed by atoms with Crippen LogP contribution in [0.25, 0.3) is 0 Å². The Hall–Kier alpha value is -1.00. The second kappa shape index (κ2) is 6.25. The highest BCUT2D eigenvalue weighted by molar-refractivity contribution is 8.00. The summed E-state index contributed by atoms with van der Waals surface area (Å²) < 4.78 is 0. The second-order valence-electron chi connectivity index (χ2n) is 4.60. The Morgan fingerprint density at radius 2 is 2.17 bits per heavy atom. The third-order valence-corrected chi connectivity index (χ3v) is 4.24. The van der Waals surface area contributed by atoms with Crippen molar-refractivity contribution in [3.8, 4) is 0 Å². The van der Waals surface area contributed by atoms with Gasteiger partial charge in [-0.3, -0.25) is 4.79 Å². The smallest absolute Gasteiger partial charge is 0.235 e. The van der Waals surface area contributed by atoms with Crippen LogP contribution in [0.15, 0.2) is 29.2 Å². The van der Waals surface area contributed by atoms with Crippen molar-refractivity contribution in [1.82, 2.24) is 4.90 Å². The molecular weight excluding hydrogens is 246 g/mol. The molecule has 1 aliphatic heterocycles. The van der Waals surface area contributed by atoms with Gasteiger partial charge in [0.2, 0.25) is 5.91 Å². The van der Waals surface area contributed by atoms with Crippen LogP contribution in [0, 0.1) is 0 Å². The van der Waals surface area contributed by atoms with E-state index in [1.807, 2.05) is 36.1 Å². The molecule has 1 aromatic rings. The summed E-state index contributed by atoms with van der Waals surface area (Å²) in [6, 6.07) is 7.73. The molecule has 0 saturated carbocycles. The lowest BCUT2D eigenvalue weighted by Crippen LogP contribution is -2.33. The number of benzene rings is 1. The number of carbonyl (C=O) groups excluding carboxylic acids is 1. The van der Waals surface area contributed by atoms with Crippen LogP contribution in [0.2, 0.25) is 0 Å². The fraction of sp³-hybridized carbons (Fsp3) is 0.500. The molecule has 98 valence electrons. The molecule has 1 unspecified atom stereocenters. The molecule has 1 amide bonds. The fourth-order valence-corrected chi connectivity index (χ4v) is 3.20. The number of carbonyl (C=O) groups is 1. The third kappa shape index (κ3) is 3.27. The molecule has 1 atom stereocenters. The van der Waals surface area contributed by atoms with Crippen LogP contribution in [0.5, 0.6) is 0 Å². The van der Waals surface area contributed by atoms with Crippen molar-refractivity contribution in [3.63, 3.8) is 0 Å².